The van der Waals surface area contributed by atoms with Gasteiger partial charge in [0, 0.05) is 52.2 Å². The summed E-state index contributed by atoms with van der Waals surface area (Å²) >= 11 is 0. The minimum Gasteiger partial charge on any atom is -0.388 e. The monoisotopic (exact) mass is 522 g/mol. The molecule has 0 aromatic rings. The highest BCUT2D eigenvalue weighted by Gasteiger charge is 2.46. The second-order valence-electron chi connectivity index (χ2n) is 11.6. The molecule has 4 saturated heterocycles. The van der Waals surface area contributed by atoms with Gasteiger partial charge in [0.15, 0.2) is 0 Å². The number of rotatable bonds is 2. The maximum absolute atomic E-state index is 13.8. The maximum atomic E-state index is 13.8. The number of aliphatic hydroxyl groups excluding tert-OH is 2. The molecule has 37 heavy (non-hydrogen) atoms. The van der Waals surface area contributed by atoms with Crippen molar-refractivity contribution in [1.82, 2.24) is 20.0 Å². The molecule has 6 bridgehead atoms. The molecule has 0 radical (unpaired) electrons. The molecule has 0 spiro atoms. The van der Waals surface area contributed by atoms with E-state index in [1.807, 2.05) is 4.90 Å². The standard InChI is InChI=1S/C26H42N4O7/c1-16(31)29-14-19-13-28(7-8-36-19)26(35)20-9-18(12-30(20)11-17-5-3-2-4-6-17)27-23(32)10-21-24(33)25(34)22(15-29)37-21/h17-22,24-25,33-34H,2-15H2,1H3,(H,27,32)/t18-,19-,20-,21-,22+,24-,25+/m0/s1. The Morgan fingerprint density at radius 2 is 1.78 bits per heavy atom. The van der Waals surface area contributed by atoms with E-state index in [1.54, 1.807) is 0 Å². The Balaban J connectivity index is 1.37. The fourth-order valence-corrected chi connectivity index (χ4v) is 6.82. The lowest BCUT2D eigenvalue weighted by atomic mass is 9.89. The van der Waals surface area contributed by atoms with Gasteiger partial charge in [-0.05, 0) is 25.2 Å². The van der Waals surface area contributed by atoms with E-state index in [0.717, 1.165) is 6.54 Å². The quantitative estimate of drug-likeness (QED) is 0.425. The predicted octanol–water partition coefficient (Wildman–Crippen LogP) is -0.905. The summed E-state index contributed by atoms with van der Waals surface area (Å²) in [6.07, 6.45) is 2.08. The number of amides is 3. The molecule has 4 aliphatic heterocycles. The molecule has 0 unspecified atom stereocenters. The second-order valence-corrected chi connectivity index (χ2v) is 11.6. The van der Waals surface area contributed by atoms with Crippen molar-refractivity contribution in [3.8, 4) is 0 Å². The highest BCUT2D eigenvalue weighted by molar-refractivity contribution is 5.83. The van der Waals surface area contributed by atoms with E-state index in [1.165, 1.54) is 43.9 Å². The fourth-order valence-electron chi connectivity index (χ4n) is 6.82. The van der Waals surface area contributed by atoms with Crippen LogP contribution < -0.4 is 5.32 Å². The molecular formula is C26H42N4O7. The number of nitrogens with zero attached hydrogens (tertiary/aromatic N) is 3. The van der Waals surface area contributed by atoms with Gasteiger partial charge in [-0.15, -0.1) is 0 Å². The summed E-state index contributed by atoms with van der Waals surface area (Å²) in [5.74, 6) is 0.151. The first-order chi connectivity index (χ1) is 17.8. The van der Waals surface area contributed by atoms with Gasteiger partial charge in [0.05, 0.1) is 31.3 Å². The molecular weight excluding hydrogens is 480 g/mol. The molecule has 11 heteroatoms. The number of aliphatic hydroxyl groups is 2. The van der Waals surface area contributed by atoms with Crippen LogP contribution in [-0.4, -0.2) is 131 Å². The molecule has 208 valence electrons. The Morgan fingerprint density at radius 3 is 2.54 bits per heavy atom. The van der Waals surface area contributed by atoms with Crippen molar-refractivity contribution < 1.29 is 34.1 Å². The third-order valence-corrected chi connectivity index (χ3v) is 8.84. The van der Waals surface area contributed by atoms with Crippen LogP contribution in [0.4, 0.5) is 0 Å². The summed E-state index contributed by atoms with van der Waals surface area (Å²) in [4.78, 5) is 44.8. The van der Waals surface area contributed by atoms with Crippen LogP contribution in [0.5, 0.6) is 0 Å². The van der Waals surface area contributed by atoms with Crippen LogP contribution in [0.1, 0.15) is 51.9 Å². The molecule has 1 aliphatic carbocycles. The van der Waals surface area contributed by atoms with E-state index in [9.17, 15) is 24.6 Å². The number of fused-ring (bicyclic) bond motifs is 6. The Morgan fingerprint density at radius 1 is 1.03 bits per heavy atom. The lowest BCUT2D eigenvalue weighted by molar-refractivity contribution is -0.146. The van der Waals surface area contributed by atoms with Gasteiger partial charge in [0.2, 0.25) is 17.7 Å². The minimum atomic E-state index is -1.22. The molecule has 5 fully saturated rings. The van der Waals surface area contributed by atoms with Gasteiger partial charge in [0.1, 0.15) is 18.3 Å². The lowest BCUT2D eigenvalue weighted by Gasteiger charge is -2.38. The Hall–Kier alpha value is -1.79. The highest BCUT2D eigenvalue weighted by atomic mass is 16.5. The van der Waals surface area contributed by atoms with E-state index in [-0.39, 0.29) is 55.4 Å². The molecule has 7 atom stereocenters. The summed E-state index contributed by atoms with van der Waals surface area (Å²) in [6.45, 7) is 4.50. The molecule has 3 amide bonds. The van der Waals surface area contributed by atoms with Crippen LogP contribution in [0.25, 0.3) is 0 Å². The first-order valence-corrected chi connectivity index (χ1v) is 14.0. The van der Waals surface area contributed by atoms with Crippen LogP contribution in [0.3, 0.4) is 0 Å². The van der Waals surface area contributed by atoms with Crippen LogP contribution >= 0.6 is 0 Å². The second kappa shape index (κ2) is 11.5. The number of ether oxygens (including phenoxy) is 2. The average molecular weight is 523 g/mol. The predicted molar refractivity (Wildman–Crippen MR) is 132 cm³/mol. The SMILES string of the molecule is CC(=O)N1C[C@@H]2CN(CCO2)C(=O)[C@@H]2C[C@@H](CN2CC2CCCCC2)NC(=O)C[C@@H]2O[C@H](C1)[C@@H](O)[C@H]2O. The third-order valence-electron chi connectivity index (χ3n) is 8.84. The fraction of sp³-hybridized carbons (Fsp3) is 0.885. The number of hydrogen-bond donors (Lipinski definition) is 3. The van der Waals surface area contributed by atoms with Gasteiger partial charge in [-0.2, -0.15) is 0 Å². The average Bonchev–Trinajstić information content (AvgIpc) is 3.38. The zero-order valence-corrected chi connectivity index (χ0v) is 21.8. The first-order valence-electron chi connectivity index (χ1n) is 14.0. The van der Waals surface area contributed by atoms with Crippen molar-refractivity contribution >= 4 is 17.7 Å². The van der Waals surface area contributed by atoms with Crippen molar-refractivity contribution in [3.05, 3.63) is 0 Å². The minimum absolute atomic E-state index is 0.0663. The Bertz CT molecular complexity index is 853. The zero-order chi connectivity index (χ0) is 26.1. The van der Waals surface area contributed by atoms with E-state index in [2.05, 4.69) is 10.2 Å². The number of likely N-dealkylation sites (tertiary alicyclic amines) is 1. The van der Waals surface area contributed by atoms with Crippen LogP contribution in [0, 0.1) is 5.92 Å². The lowest BCUT2D eigenvalue weighted by Crippen LogP contribution is -2.55. The van der Waals surface area contributed by atoms with Crippen molar-refractivity contribution in [2.24, 2.45) is 5.92 Å². The van der Waals surface area contributed by atoms with E-state index in [0.29, 0.717) is 38.6 Å². The summed E-state index contributed by atoms with van der Waals surface area (Å²) in [5, 5.41) is 24.2. The largest absolute Gasteiger partial charge is 0.388 e. The molecule has 11 nitrogen and oxygen atoms in total. The molecule has 1 saturated carbocycles. The van der Waals surface area contributed by atoms with Gasteiger partial charge in [0.25, 0.3) is 0 Å². The summed E-state index contributed by atoms with van der Waals surface area (Å²) in [7, 11) is 0. The molecule has 5 aliphatic rings. The Labute approximate surface area is 218 Å². The number of carbonyl (C=O) groups excluding carboxylic acids is 3. The summed E-state index contributed by atoms with van der Waals surface area (Å²) in [6, 6.07) is -0.468. The number of nitrogens with one attached hydrogen (secondary N) is 1. The van der Waals surface area contributed by atoms with Crippen LogP contribution in [0.15, 0.2) is 0 Å². The van der Waals surface area contributed by atoms with Gasteiger partial charge in [-0.25, -0.2) is 0 Å². The summed E-state index contributed by atoms with van der Waals surface area (Å²) < 4.78 is 11.8. The highest BCUT2D eigenvalue weighted by Crippen LogP contribution is 2.30. The van der Waals surface area contributed by atoms with Gasteiger partial charge in [-0.3, -0.25) is 19.3 Å². The molecule has 5 rings (SSSR count). The molecule has 0 aromatic carbocycles. The van der Waals surface area contributed by atoms with Gasteiger partial charge < -0.3 is 34.8 Å². The van der Waals surface area contributed by atoms with E-state index < -0.39 is 24.4 Å². The van der Waals surface area contributed by atoms with Crippen molar-refractivity contribution in [2.75, 3.05) is 45.9 Å². The van der Waals surface area contributed by atoms with Crippen LogP contribution in [-0.2, 0) is 23.9 Å². The van der Waals surface area contributed by atoms with Crippen molar-refractivity contribution in [2.45, 2.75) is 94.5 Å². The number of carbonyl (C=O) groups is 3. The van der Waals surface area contributed by atoms with Gasteiger partial charge >= 0.3 is 0 Å². The maximum Gasteiger partial charge on any atom is 0.240 e. The number of hydrogen-bond acceptors (Lipinski definition) is 8. The molecule has 0 aromatic heterocycles. The van der Waals surface area contributed by atoms with Crippen molar-refractivity contribution in [1.29, 1.82) is 0 Å². The van der Waals surface area contributed by atoms with E-state index >= 15 is 0 Å². The number of morpholine rings is 1. The zero-order valence-electron chi connectivity index (χ0n) is 21.8. The topological polar surface area (TPSA) is 132 Å². The molecule has 3 N–H and O–H groups in total. The molecule has 4 heterocycles. The van der Waals surface area contributed by atoms with Crippen LogP contribution in [0.2, 0.25) is 0 Å². The van der Waals surface area contributed by atoms with Crippen molar-refractivity contribution in [3.63, 3.8) is 0 Å². The first kappa shape index (κ1) is 26.8. The third kappa shape index (κ3) is 6.11. The summed E-state index contributed by atoms with van der Waals surface area (Å²) in [5.41, 5.74) is 0. The van der Waals surface area contributed by atoms with E-state index in [4.69, 9.17) is 9.47 Å². The smallest absolute Gasteiger partial charge is 0.240 e. The Kier molecular flexibility index (Phi) is 8.35. The van der Waals surface area contributed by atoms with Gasteiger partial charge in [-0.1, -0.05) is 19.3 Å². The normalized spacial score (nSPS) is 38.6.